The van der Waals surface area contributed by atoms with E-state index in [1.807, 2.05) is 0 Å². The first-order valence-corrected chi connectivity index (χ1v) is 33.4. The summed E-state index contributed by atoms with van der Waals surface area (Å²) in [4.78, 5) is 101. The van der Waals surface area contributed by atoms with E-state index in [9.17, 15) is 96.8 Å². The normalized spacial score (nSPS) is 21.7. The summed E-state index contributed by atoms with van der Waals surface area (Å²) in [6, 6.07) is 20.2. The predicted molar refractivity (Wildman–Crippen MR) is 345 cm³/mol. The maximum Gasteiger partial charge on any atom is 1.00 e. The number of benzene rings is 5. The molecular weight excluding hydrogens is 1360 g/mol. The number of ketones is 1. The molecule has 5 amide bonds. The zero-order valence-corrected chi connectivity index (χ0v) is 57.7. The second-order valence-electron chi connectivity index (χ2n) is 23.1. The number of aliphatic hydroxyl groups excluding tert-OH is 6. The molecule has 0 spiro atoms. The van der Waals surface area contributed by atoms with E-state index >= 15 is 0 Å². The number of aliphatic carboxylic acids is 2. The average Bonchev–Trinajstić information content (AvgIpc) is 0.777. The molecule has 0 unspecified atom stereocenters. The Bertz CT molecular complexity index is 3330. The first-order valence-electron chi connectivity index (χ1n) is 31.1. The Morgan fingerprint density at radius 3 is 1.32 bits per heavy atom. The van der Waals surface area contributed by atoms with Crippen LogP contribution in [0.2, 0.25) is 0 Å². The van der Waals surface area contributed by atoms with E-state index in [0.717, 1.165) is 38.1 Å². The quantitative estimate of drug-likeness (QED) is 0.0104. The molecule has 5 aromatic rings. The molecule has 2 saturated heterocycles. The van der Waals surface area contributed by atoms with Crippen LogP contribution in [0.25, 0.3) is 22.3 Å². The molecule has 530 valence electrons. The SMILES string of the molecule is CC(=O)N[C@H]1[C@H]([C@H](O)[C@H](O)CNC(=O)c2ccc(-c3c(F)cccc3F)cc2)O[C@@](OCCCSCCCC(=O)c2ccc(C(=O)NCCSCCCO[C@]3(C(=O)O)C[C@H](O)[C@@H](NC(C)=O)[C@H]([C@H](O)[C@H](O)CNC(=O)c4ccc(-c5c(F)cccc5F)cc4)O3)cc2)(C(=O)[O-])C[C@@H]1O.[Na+]. The van der Waals surface area contributed by atoms with Crippen LogP contribution < -0.4 is 61.2 Å². The number of rotatable bonds is 35. The summed E-state index contributed by atoms with van der Waals surface area (Å²) in [6.45, 7) is 0.653. The topological polar surface area (TPSA) is 398 Å². The van der Waals surface area contributed by atoms with E-state index < -0.39 is 163 Å². The minimum absolute atomic E-state index is 0. The first-order chi connectivity index (χ1) is 46.6. The second kappa shape index (κ2) is 38.2. The van der Waals surface area contributed by atoms with Crippen molar-refractivity contribution in [1.29, 1.82) is 0 Å². The molecule has 2 aliphatic rings. The van der Waals surface area contributed by atoms with Crippen molar-refractivity contribution in [3.63, 3.8) is 0 Å². The zero-order chi connectivity index (χ0) is 71.4. The van der Waals surface area contributed by atoms with Gasteiger partial charge in [0.05, 0.1) is 60.8 Å². The monoisotopic (exact) mass is 1430 g/mol. The summed E-state index contributed by atoms with van der Waals surface area (Å²) in [7, 11) is 0. The number of carbonyl (C=O) groups excluding carboxylic acids is 7. The Morgan fingerprint density at radius 1 is 0.545 bits per heavy atom. The molecule has 7 rings (SSSR count). The number of ether oxygens (including phenoxy) is 4. The van der Waals surface area contributed by atoms with Crippen molar-refractivity contribution in [2.24, 2.45) is 0 Å². The van der Waals surface area contributed by atoms with Gasteiger partial charge in [0.1, 0.15) is 53.7 Å². The van der Waals surface area contributed by atoms with E-state index in [4.69, 9.17) is 18.9 Å². The van der Waals surface area contributed by atoms with Crippen molar-refractivity contribution in [2.45, 2.75) is 125 Å². The van der Waals surface area contributed by atoms with Crippen molar-refractivity contribution in [2.75, 3.05) is 55.9 Å². The molecule has 99 heavy (non-hydrogen) atoms. The van der Waals surface area contributed by atoms with Crippen LogP contribution in [0.5, 0.6) is 0 Å². The second-order valence-corrected chi connectivity index (χ2v) is 25.6. The average molecular weight is 1430 g/mol. The minimum atomic E-state index is -2.65. The fraction of sp³-hybridized carbons (Fsp3) is 0.433. The summed E-state index contributed by atoms with van der Waals surface area (Å²) in [5, 5.41) is 102. The molecule has 0 saturated carbocycles. The molecule has 0 radical (unpaired) electrons. The molecule has 2 heterocycles. The van der Waals surface area contributed by atoms with E-state index in [1.165, 1.54) is 108 Å². The van der Waals surface area contributed by atoms with Gasteiger partial charge in [-0.15, -0.1) is 0 Å². The van der Waals surface area contributed by atoms with Crippen molar-refractivity contribution >= 4 is 70.8 Å². The molecule has 0 bridgehead atoms. The van der Waals surface area contributed by atoms with Crippen molar-refractivity contribution in [3.05, 3.63) is 155 Å². The van der Waals surface area contributed by atoms with Gasteiger partial charge in [0.15, 0.2) is 5.78 Å². The van der Waals surface area contributed by atoms with Gasteiger partial charge in [-0.1, -0.05) is 48.5 Å². The van der Waals surface area contributed by atoms with Gasteiger partial charge in [0, 0.05) is 80.8 Å². The number of Topliss-reactive ketones (excluding diaryl/α,β-unsaturated/α-hetero) is 1. The van der Waals surface area contributed by atoms with Crippen LogP contribution in [0.3, 0.4) is 0 Å². The van der Waals surface area contributed by atoms with Crippen molar-refractivity contribution in [1.82, 2.24) is 26.6 Å². The van der Waals surface area contributed by atoms with Crippen LogP contribution in [0.4, 0.5) is 17.6 Å². The van der Waals surface area contributed by atoms with Gasteiger partial charge in [-0.05, 0) is 108 Å². The Hall–Kier alpha value is -6.92. The van der Waals surface area contributed by atoms with Gasteiger partial charge < -0.3 is 91.2 Å². The molecule has 0 aliphatic carbocycles. The summed E-state index contributed by atoms with van der Waals surface area (Å²) < 4.78 is 80.1. The van der Waals surface area contributed by atoms with E-state index in [0.29, 0.717) is 35.0 Å². The molecule has 25 nitrogen and oxygen atoms in total. The molecule has 2 fully saturated rings. The van der Waals surface area contributed by atoms with Crippen LogP contribution in [0, 0.1) is 23.3 Å². The Labute approximate surface area is 596 Å². The maximum atomic E-state index is 14.3. The van der Waals surface area contributed by atoms with Gasteiger partial charge in [0.25, 0.3) is 23.5 Å². The number of carbonyl (C=O) groups is 8. The largest absolute Gasteiger partial charge is 1.00 e. The molecule has 2 aliphatic heterocycles. The number of carboxylic acid groups (broad SMARTS) is 2. The van der Waals surface area contributed by atoms with Gasteiger partial charge in [0.2, 0.25) is 17.6 Å². The Kier molecular flexibility index (Phi) is 31.3. The predicted octanol–water partition coefficient (Wildman–Crippen LogP) is -0.607. The fourth-order valence-corrected chi connectivity index (χ4v) is 12.6. The number of thioether (sulfide) groups is 2. The van der Waals surface area contributed by atoms with E-state index in [-0.39, 0.29) is 113 Å². The molecule has 32 heteroatoms. The van der Waals surface area contributed by atoms with Crippen LogP contribution in [-0.2, 0) is 38.1 Å². The third kappa shape index (κ3) is 22.0. The molecule has 12 atom stereocenters. The third-order valence-electron chi connectivity index (χ3n) is 16.0. The standard InChI is InChI=1S/C67H77F4N5O20S2.Na/c1-36(77)75-55-49(80)32-66(64(89)90,95-59(55)57(84)51(82)34-73-62(87)42-21-15-39(16-22-42)53-44(68)8-3-9-45(53)69)93-26-6-29-97-28-5-12-48(79)38-13-19-41(20-14-38)61(86)72-25-31-98-30-7-27-94-67(65(91)92)33-50(81)56(76-37(2)78)60(96-67)58(85)52(83)35-74-63(88)43-23-17-40(18-24-43)54-46(70)10-4-11-47(54)71;/h3-4,8-11,13-24,49-52,55-60,80-85H,5-7,12,25-35H2,1-2H3,(H,72,86)(H,73,87)(H,74,88)(H,75,77)(H,76,78)(H,89,90)(H,91,92);/q;+1/p-1/t49-,50-,51+,52+,55+,56+,57+,58+,59+,60+,66+,67+;/m0./s1. The zero-order valence-electron chi connectivity index (χ0n) is 54.0. The minimum Gasteiger partial charge on any atom is -0.544 e. The molecule has 12 N–H and O–H groups in total. The number of halogens is 4. The number of hydrogen-bond acceptors (Lipinski definition) is 21. The summed E-state index contributed by atoms with van der Waals surface area (Å²) in [5.41, 5.74) is 0.384. The number of carboxylic acids is 2. The first kappa shape index (κ1) is 81.0. The van der Waals surface area contributed by atoms with Crippen LogP contribution >= 0.6 is 23.5 Å². The summed E-state index contributed by atoms with van der Waals surface area (Å²) >= 11 is 2.82. The molecule has 5 aromatic carbocycles. The van der Waals surface area contributed by atoms with Gasteiger partial charge in [-0.2, -0.15) is 23.5 Å². The van der Waals surface area contributed by atoms with E-state index in [2.05, 4.69) is 26.6 Å². The van der Waals surface area contributed by atoms with E-state index in [1.54, 1.807) is 0 Å². The van der Waals surface area contributed by atoms with Crippen molar-refractivity contribution < 1.29 is 145 Å². The van der Waals surface area contributed by atoms with Gasteiger partial charge >= 0.3 is 35.5 Å². The fourth-order valence-electron chi connectivity index (χ4n) is 10.9. The van der Waals surface area contributed by atoms with Crippen molar-refractivity contribution in [3.8, 4) is 22.3 Å². The van der Waals surface area contributed by atoms with Crippen LogP contribution in [0.1, 0.15) is 93.8 Å². The number of aliphatic hydroxyl groups is 6. The Morgan fingerprint density at radius 2 is 0.909 bits per heavy atom. The summed E-state index contributed by atoms with van der Waals surface area (Å²) in [6.07, 6.45) is -15.1. The van der Waals surface area contributed by atoms with Gasteiger partial charge in [-0.3, -0.25) is 28.8 Å². The summed E-state index contributed by atoms with van der Waals surface area (Å²) in [5.74, 6) is -13.8. The number of nitrogens with one attached hydrogen (secondary N) is 5. The third-order valence-corrected chi connectivity index (χ3v) is 18.2. The molecule has 0 aromatic heterocycles. The van der Waals surface area contributed by atoms with Crippen LogP contribution in [-0.4, -0.2) is 211 Å². The molecular formula is C67H76F4N5NaO20S2. The van der Waals surface area contributed by atoms with Crippen LogP contribution in [0.15, 0.2) is 109 Å². The number of amides is 5. The maximum absolute atomic E-state index is 14.3. The van der Waals surface area contributed by atoms with Gasteiger partial charge in [-0.25, -0.2) is 22.4 Å². The Balaban J connectivity index is 0.0000155. The smallest absolute Gasteiger partial charge is 0.544 e. The number of hydrogen-bond donors (Lipinski definition) is 12.